The van der Waals surface area contributed by atoms with Crippen LogP contribution in [-0.2, 0) is 16.4 Å². The average molecular weight is 238 g/mol. The van der Waals surface area contributed by atoms with Crippen LogP contribution in [0.1, 0.15) is 17.5 Å². The van der Waals surface area contributed by atoms with E-state index in [0.717, 1.165) is 24.7 Å². The van der Waals surface area contributed by atoms with Crippen LogP contribution >= 0.6 is 0 Å². The van der Waals surface area contributed by atoms with Crippen molar-refractivity contribution in [3.8, 4) is 6.07 Å². The summed E-state index contributed by atoms with van der Waals surface area (Å²) in [4.78, 5) is 0. The Bertz CT molecular complexity index is 472. The van der Waals surface area contributed by atoms with Crippen LogP contribution in [0.25, 0.3) is 0 Å². The maximum Gasteiger partial charge on any atom is 0.208 e. The lowest BCUT2D eigenvalue weighted by Crippen LogP contribution is -2.23. The Morgan fingerprint density at radius 2 is 1.94 bits per heavy atom. The van der Waals surface area contributed by atoms with Crippen LogP contribution in [0, 0.1) is 11.3 Å². The molecule has 0 aliphatic heterocycles. The second-order valence-corrected chi connectivity index (χ2v) is 5.41. The quantitative estimate of drug-likeness (QED) is 0.779. The summed E-state index contributed by atoms with van der Waals surface area (Å²) in [5.41, 5.74) is 1.74. The fourth-order valence-electron chi connectivity index (χ4n) is 1.30. The highest BCUT2D eigenvalue weighted by Gasteiger charge is 1.99. The molecule has 0 radical (unpaired) electrons. The molecule has 1 aromatic carbocycles. The number of nitrogens with one attached hydrogen (secondary N) is 1. The van der Waals surface area contributed by atoms with Gasteiger partial charge in [-0.05, 0) is 30.5 Å². The van der Waals surface area contributed by atoms with E-state index < -0.39 is 10.0 Å². The average Bonchev–Trinajstić information content (AvgIpc) is 2.24. The highest BCUT2D eigenvalue weighted by molar-refractivity contribution is 7.88. The molecule has 1 N–H and O–H groups in total. The summed E-state index contributed by atoms with van der Waals surface area (Å²) in [6.45, 7) is 0.443. The van der Waals surface area contributed by atoms with Crippen LogP contribution in [0.15, 0.2) is 24.3 Å². The normalized spacial score (nSPS) is 11.0. The molecular weight excluding hydrogens is 224 g/mol. The number of hydrogen-bond donors (Lipinski definition) is 1. The summed E-state index contributed by atoms with van der Waals surface area (Å²) in [6, 6.07) is 9.35. The van der Waals surface area contributed by atoms with E-state index in [-0.39, 0.29) is 0 Å². The molecule has 0 aliphatic rings. The van der Waals surface area contributed by atoms with Crippen molar-refractivity contribution in [2.75, 3.05) is 12.8 Å². The second kappa shape index (κ2) is 5.64. The van der Waals surface area contributed by atoms with Crippen LogP contribution < -0.4 is 4.72 Å². The van der Waals surface area contributed by atoms with Crippen molar-refractivity contribution >= 4 is 10.0 Å². The highest BCUT2D eigenvalue weighted by Crippen LogP contribution is 2.05. The van der Waals surface area contributed by atoms with Gasteiger partial charge < -0.3 is 0 Å². The van der Waals surface area contributed by atoms with Gasteiger partial charge in [-0.3, -0.25) is 0 Å². The lowest BCUT2D eigenvalue weighted by molar-refractivity contribution is 0.585. The van der Waals surface area contributed by atoms with E-state index in [1.807, 2.05) is 18.2 Å². The summed E-state index contributed by atoms with van der Waals surface area (Å²) in [7, 11) is -3.08. The van der Waals surface area contributed by atoms with Gasteiger partial charge in [0.15, 0.2) is 0 Å². The van der Waals surface area contributed by atoms with Crippen molar-refractivity contribution in [1.29, 1.82) is 5.26 Å². The lowest BCUT2D eigenvalue weighted by Gasteiger charge is -2.02. The number of nitrogens with zero attached hydrogens (tertiary/aromatic N) is 1. The Morgan fingerprint density at radius 1 is 1.31 bits per heavy atom. The number of sulfonamides is 1. The fraction of sp³-hybridized carbons (Fsp3) is 0.364. The van der Waals surface area contributed by atoms with Crippen LogP contribution in [0.4, 0.5) is 0 Å². The summed E-state index contributed by atoms with van der Waals surface area (Å²) >= 11 is 0. The van der Waals surface area contributed by atoms with E-state index in [4.69, 9.17) is 5.26 Å². The van der Waals surface area contributed by atoms with Crippen molar-refractivity contribution in [2.45, 2.75) is 12.8 Å². The van der Waals surface area contributed by atoms with E-state index >= 15 is 0 Å². The first-order chi connectivity index (χ1) is 7.51. The molecule has 86 valence electrons. The van der Waals surface area contributed by atoms with Gasteiger partial charge in [-0.1, -0.05) is 12.1 Å². The molecule has 0 aromatic heterocycles. The Hall–Kier alpha value is -1.38. The first-order valence-electron chi connectivity index (χ1n) is 4.95. The number of rotatable bonds is 5. The molecule has 0 bridgehead atoms. The first-order valence-corrected chi connectivity index (χ1v) is 6.84. The monoisotopic (exact) mass is 238 g/mol. The molecule has 0 saturated carbocycles. The van der Waals surface area contributed by atoms with E-state index in [1.54, 1.807) is 12.1 Å². The molecule has 0 amide bonds. The predicted octanol–water partition coefficient (Wildman–Crippen LogP) is 1.04. The third-order valence-electron chi connectivity index (χ3n) is 2.09. The van der Waals surface area contributed by atoms with Gasteiger partial charge in [-0.2, -0.15) is 5.26 Å². The molecule has 1 rings (SSSR count). The number of hydrogen-bond acceptors (Lipinski definition) is 3. The van der Waals surface area contributed by atoms with Gasteiger partial charge in [0, 0.05) is 6.54 Å². The molecule has 1 aromatic rings. The summed E-state index contributed by atoms with van der Waals surface area (Å²) in [5, 5.41) is 8.61. The third kappa shape index (κ3) is 4.91. The molecule has 0 atom stereocenters. The van der Waals surface area contributed by atoms with Gasteiger partial charge in [-0.15, -0.1) is 0 Å². The number of nitriles is 1. The van der Waals surface area contributed by atoms with Crippen molar-refractivity contribution in [2.24, 2.45) is 0 Å². The Kier molecular flexibility index (Phi) is 4.47. The van der Waals surface area contributed by atoms with E-state index in [2.05, 4.69) is 4.72 Å². The molecule has 4 nitrogen and oxygen atoms in total. The van der Waals surface area contributed by atoms with Crippen LogP contribution in [-0.4, -0.2) is 21.2 Å². The molecule has 5 heteroatoms. The van der Waals surface area contributed by atoms with Crippen LogP contribution in [0.3, 0.4) is 0 Å². The fourth-order valence-corrected chi connectivity index (χ4v) is 1.81. The molecule has 16 heavy (non-hydrogen) atoms. The molecular formula is C11H14N2O2S. The first kappa shape index (κ1) is 12.7. The standard InChI is InChI=1S/C11H14N2O2S/c1-16(14,15)13-8-2-3-10-4-6-11(9-12)7-5-10/h4-7,13H,2-3,8H2,1H3. The summed E-state index contributed by atoms with van der Waals surface area (Å²) in [6.07, 6.45) is 2.70. The highest BCUT2D eigenvalue weighted by atomic mass is 32.2. The van der Waals surface area contributed by atoms with Gasteiger partial charge in [-0.25, -0.2) is 13.1 Å². The number of benzene rings is 1. The third-order valence-corrected chi connectivity index (χ3v) is 2.82. The van der Waals surface area contributed by atoms with E-state index in [9.17, 15) is 8.42 Å². The van der Waals surface area contributed by atoms with Crippen molar-refractivity contribution < 1.29 is 8.42 Å². The Morgan fingerprint density at radius 3 is 2.44 bits per heavy atom. The van der Waals surface area contributed by atoms with Crippen LogP contribution in [0.2, 0.25) is 0 Å². The largest absolute Gasteiger partial charge is 0.215 e. The zero-order chi connectivity index (χ0) is 12.0. The molecule has 0 fully saturated rings. The van der Waals surface area contributed by atoms with Gasteiger partial charge in [0.2, 0.25) is 10.0 Å². The molecule has 0 spiro atoms. The van der Waals surface area contributed by atoms with Gasteiger partial charge in [0.1, 0.15) is 0 Å². The molecule has 0 aliphatic carbocycles. The minimum absolute atomic E-state index is 0.443. The Balaban J connectivity index is 2.36. The van der Waals surface area contributed by atoms with Crippen molar-refractivity contribution in [3.05, 3.63) is 35.4 Å². The maximum atomic E-state index is 10.8. The zero-order valence-corrected chi connectivity index (χ0v) is 9.92. The molecule has 0 heterocycles. The van der Waals surface area contributed by atoms with Gasteiger partial charge >= 0.3 is 0 Å². The molecule has 0 unspecified atom stereocenters. The number of aryl methyl sites for hydroxylation is 1. The zero-order valence-electron chi connectivity index (χ0n) is 9.10. The maximum absolute atomic E-state index is 10.8. The minimum Gasteiger partial charge on any atom is -0.215 e. The van der Waals surface area contributed by atoms with Crippen molar-refractivity contribution in [3.63, 3.8) is 0 Å². The van der Waals surface area contributed by atoms with Gasteiger partial charge in [0.25, 0.3) is 0 Å². The van der Waals surface area contributed by atoms with Crippen LogP contribution in [0.5, 0.6) is 0 Å². The van der Waals surface area contributed by atoms with Crippen molar-refractivity contribution in [1.82, 2.24) is 4.72 Å². The predicted molar refractivity (Wildman–Crippen MR) is 62.3 cm³/mol. The molecule has 0 saturated heterocycles. The minimum atomic E-state index is -3.08. The SMILES string of the molecule is CS(=O)(=O)NCCCc1ccc(C#N)cc1. The smallest absolute Gasteiger partial charge is 0.208 e. The lowest BCUT2D eigenvalue weighted by atomic mass is 10.1. The Labute approximate surface area is 96.0 Å². The second-order valence-electron chi connectivity index (χ2n) is 3.58. The summed E-state index contributed by atoms with van der Waals surface area (Å²) in [5.74, 6) is 0. The van der Waals surface area contributed by atoms with E-state index in [1.165, 1.54) is 0 Å². The topological polar surface area (TPSA) is 70.0 Å². The van der Waals surface area contributed by atoms with Gasteiger partial charge in [0.05, 0.1) is 17.9 Å². The van der Waals surface area contributed by atoms with E-state index in [0.29, 0.717) is 12.1 Å². The summed E-state index contributed by atoms with van der Waals surface area (Å²) < 4.78 is 24.0.